The van der Waals surface area contributed by atoms with Crippen molar-refractivity contribution in [1.82, 2.24) is 0 Å². The van der Waals surface area contributed by atoms with Gasteiger partial charge in [0.05, 0.1) is 6.16 Å². The number of nitrogens with two attached hydrogens (primary N) is 1. The van der Waals surface area contributed by atoms with Gasteiger partial charge in [0.2, 0.25) is 6.10 Å². The standard InChI is InChI=1S/C13H18NO7P/c14-13(17)21-11(12(15)16)7-10(8-22(18,19)20)6-9-4-2-1-3-5-9/h1-5,10-11H,6-8H2,(H2,14,17)(H,15,16)(H2,18,19,20). The second kappa shape index (κ2) is 7.93. The molecular formula is C13H18NO7P. The zero-order valence-electron chi connectivity index (χ0n) is 11.7. The van der Waals surface area contributed by atoms with E-state index < -0.39 is 37.8 Å². The Labute approximate surface area is 127 Å². The predicted octanol–water partition coefficient (Wildman–Crippen LogP) is 0.962. The molecule has 0 bridgehead atoms. The number of carbonyl (C=O) groups is 2. The Bertz CT molecular complexity index is 557. The summed E-state index contributed by atoms with van der Waals surface area (Å²) in [5, 5.41) is 9.01. The van der Waals surface area contributed by atoms with Gasteiger partial charge in [0, 0.05) is 0 Å². The van der Waals surface area contributed by atoms with E-state index in [1.807, 2.05) is 0 Å². The molecule has 1 aromatic rings. The summed E-state index contributed by atoms with van der Waals surface area (Å²) in [4.78, 5) is 40.0. The van der Waals surface area contributed by atoms with E-state index in [0.717, 1.165) is 5.56 Å². The van der Waals surface area contributed by atoms with Crippen molar-refractivity contribution in [2.24, 2.45) is 11.7 Å². The van der Waals surface area contributed by atoms with Crippen LogP contribution in [0.3, 0.4) is 0 Å². The number of carboxylic acids is 1. The maximum absolute atomic E-state index is 11.2. The number of benzene rings is 1. The lowest BCUT2D eigenvalue weighted by Gasteiger charge is -2.21. The highest BCUT2D eigenvalue weighted by Gasteiger charge is 2.30. The Balaban J connectivity index is 2.86. The maximum Gasteiger partial charge on any atom is 0.405 e. The Morgan fingerprint density at radius 1 is 1.23 bits per heavy atom. The zero-order valence-corrected chi connectivity index (χ0v) is 12.6. The van der Waals surface area contributed by atoms with Gasteiger partial charge in [-0.25, -0.2) is 9.59 Å². The smallest absolute Gasteiger partial charge is 0.405 e. The van der Waals surface area contributed by atoms with Crippen molar-refractivity contribution in [1.29, 1.82) is 0 Å². The number of aliphatic carboxylic acids is 1. The lowest BCUT2D eigenvalue weighted by Crippen LogP contribution is -2.33. The Morgan fingerprint density at radius 2 is 1.82 bits per heavy atom. The minimum absolute atomic E-state index is 0.238. The summed E-state index contributed by atoms with van der Waals surface area (Å²) in [6.07, 6.45) is -3.29. The molecule has 1 rings (SSSR count). The van der Waals surface area contributed by atoms with Crippen LogP contribution in [0.2, 0.25) is 0 Å². The first-order valence-corrected chi connectivity index (χ1v) is 8.24. The normalized spacial score (nSPS) is 14.1. The largest absolute Gasteiger partial charge is 0.479 e. The third-order valence-electron chi connectivity index (χ3n) is 2.94. The third kappa shape index (κ3) is 7.21. The van der Waals surface area contributed by atoms with Crippen LogP contribution in [0.15, 0.2) is 30.3 Å². The number of carboxylic acid groups (broad SMARTS) is 1. The van der Waals surface area contributed by atoms with Crippen LogP contribution in [0.25, 0.3) is 0 Å². The molecule has 2 atom stereocenters. The summed E-state index contributed by atoms with van der Waals surface area (Å²) >= 11 is 0. The Hall–Kier alpha value is -1.89. The first-order valence-electron chi connectivity index (χ1n) is 6.45. The third-order valence-corrected chi connectivity index (χ3v) is 3.94. The van der Waals surface area contributed by atoms with E-state index in [1.165, 1.54) is 0 Å². The molecule has 0 aliphatic carbocycles. The lowest BCUT2D eigenvalue weighted by molar-refractivity contribution is -0.147. The summed E-state index contributed by atoms with van der Waals surface area (Å²) in [7, 11) is -4.34. The van der Waals surface area contributed by atoms with Crippen LogP contribution >= 0.6 is 7.60 Å². The number of hydrogen-bond acceptors (Lipinski definition) is 4. The van der Waals surface area contributed by atoms with Crippen LogP contribution < -0.4 is 5.73 Å². The Kier molecular flexibility index (Phi) is 6.55. The van der Waals surface area contributed by atoms with E-state index in [-0.39, 0.29) is 12.8 Å². The molecule has 122 valence electrons. The number of amides is 1. The molecular weight excluding hydrogens is 313 g/mol. The van der Waals surface area contributed by atoms with Crippen molar-refractivity contribution in [3.63, 3.8) is 0 Å². The van der Waals surface area contributed by atoms with Crippen molar-refractivity contribution in [2.75, 3.05) is 6.16 Å². The number of ether oxygens (including phenoxy) is 1. The quantitative estimate of drug-likeness (QED) is 0.519. The van der Waals surface area contributed by atoms with E-state index in [9.17, 15) is 14.2 Å². The highest BCUT2D eigenvalue weighted by Crippen LogP contribution is 2.39. The second-order valence-electron chi connectivity index (χ2n) is 4.90. The molecule has 22 heavy (non-hydrogen) atoms. The second-order valence-corrected chi connectivity index (χ2v) is 6.60. The van der Waals surface area contributed by atoms with Gasteiger partial charge in [0.15, 0.2) is 0 Å². The number of primary amides is 1. The summed E-state index contributed by atoms with van der Waals surface area (Å²) in [5.41, 5.74) is 5.60. The Morgan fingerprint density at radius 3 is 2.27 bits per heavy atom. The summed E-state index contributed by atoms with van der Waals surface area (Å²) in [6.45, 7) is 0. The van der Waals surface area contributed by atoms with E-state index in [4.69, 9.17) is 20.6 Å². The molecule has 0 aliphatic heterocycles. The molecule has 2 unspecified atom stereocenters. The number of rotatable bonds is 8. The first kappa shape index (κ1) is 18.2. The van der Waals surface area contributed by atoms with Gasteiger partial charge in [-0.15, -0.1) is 0 Å². The number of hydrogen-bond donors (Lipinski definition) is 4. The first-order chi connectivity index (χ1) is 10.2. The van der Waals surface area contributed by atoms with Crippen LogP contribution in [-0.4, -0.2) is 39.2 Å². The van der Waals surface area contributed by atoms with Gasteiger partial charge in [-0.3, -0.25) is 4.57 Å². The van der Waals surface area contributed by atoms with E-state index in [2.05, 4.69) is 4.74 Å². The van der Waals surface area contributed by atoms with Gasteiger partial charge >= 0.3 is 19.7 Å². The predicted molar refractivity (Wildman–Crippen MR) is 77.3 cm³/mol. The average molecular weight is 331 g/mol. The molecule has 9 heteroatoms. The molecule has 0 aromatic heterocycles. The average Bonchev–Trinajstić information content (AvgIpc) is 2.36. The topological polar surface area (TPSA) is 147 Å². The van der Waals surface area contributed by atoms with Crippen molar-refractivity contribution in [3.05, 3.63) is 35.9 Å². The van der Waals surface area contributed by atoms with Gasteiger partial charge in [-0.2, -0.15) is 0 Å². The maximum atomic E-state index is 11.2. The molecule has 0 spiro atoms. The summed E-state index contributed by atoms with van der Waals surface area (Å²) in [6, 6.07) is 8.84. The highest BCUT2D eigenvalue weighted by atomic mass is 31.2. The van der Waals surface area contributed by atoms with Crippen molar-refractivity contribution >= 4 is 19.7 Å². The fourth-order valence-electron chi connectivity index (χ4n) is 2.15. The molecule has 1 aromatic carbocycles. The molecule has 0 fully saturated rings. The summed E-state index contributed by atoms with van der Waals surface area (Å²) in [5.74, 6) is -2.09. The molecule has 1 amide bonds. The summed E-state index contributed by atoms with van der Waals surface area (Å²) < 4.78 is 15.7. The van der Waals surface area contributed by atoms with Crippen LogP contribution in [-0.2, 0) is 20.5 Å². The van der Waals surface area contributed by atoms with Gasteiger partial charge in [0.1, 0.15) is 0 Å². The molecule has 5 N–H and O–H groups in total. The zero-order chi connectivity index (χ0) is 16.8. The fourth-order valence-corrected chi connectivity index (χ4v) is 3.10. The van der Waals surface area contributed by atoms with Crippen LogP contribution in [0.4, 0.5) is 4.79 Å². The van der Waals surface area contributed by atoms with Crippen LogP contribution in [0.1, 0.15) is 12.0 Å². The molecule has 0 radical (unpaired) electrons. The minimum Gasteiger partial charge on any atom is -0.479 e. The van der Waals surface area contributed by atoms with Gasteiger partial charge < -0.3 is 25.4 Å². The number of carbonyl (C=O) groups excluding carboxylic acids is 1. The molecule has 0 heterocycles. The SMILES string of the molecule is NC(=O)OC(CC(Cc1ccccc1)CP(=O)(O)O)C(=O)O. The van der Waals surface area contributed by atoms with E-state index >= 15 is 0 Å². The van der Waals surface area contributed by atoms with Crippen molar-refractivity contribution < 1.29 is 33.8 Å². The highest BCUT2D eigenvalue weighted by molar-refractivity contribution is 7.51. The molecule has 8 nitrogen and oxygen atoms in total. The molecule has 0 aliphatic rings. The van der Waals surface area contributed by atoms with Crippen molar-refractivity contribution in [3.8, 4) is 0 Å². The molecule has 0 saturated heterocycles. The van der Waals surface area contributed by atoms with Crippen molar-refractivity contribution in [2.45, 2.75) is 18.9 Å². The molecule has 0 saturated carbocycles. The fraction of sp³-hybridized carbons (Fsp3) is 0.385. The van der Waals surface area contributed by atoms with Crippen LogP contribution in [0.5, 0.6) is 0 Å². The van der Waals surface area contributed by atoms with E-state index in [0.29, 0.717) is 0 Å². The monoisotopic (exact) mass is 331 g/mol. The van der Waals surface area contributed by atoms with Gasteiger partial charge in [-0.05, 0) is 24.3 Å². The lowest BCUT2D eigenvalue weighted by atomic mass is 9.95. The van der Waals surface area contributed by atoms with E-state index in [1.54, 1.807) is 30.3 Å². The minimum atomic E-state index is -4.34. The van der Waals surface area contributed by atoms with Gasteiger partial charge in [-0.1, -0.05) is 30.3 Å². The van der Waals surface area contributed by atoms with Gasteiger partial charge in [0.25, 0.3) is 0 Å². The van der Waals surface area contributed by atoms with Crippen LogP contribution in [0, 0.1) is 5.92 Å².